The number of furan rings is 1. The van der Waals surface area contributed by atoms with Crippen LogP contribution in [0.5, 0.6) is 0 Å². The molecule has 0 spiro atoms. The Hall–Kier alpha value is -6.43. The van der Waals surface area contributed by atoms with E-state index in [0.717, 1.165) is 55.3 Å². The van der Waals surface area contributed by atoms with Gasteiger partial charge in [0, 0.05) is 53.2 Å². The molecule has 0 N–H and O–H groups in total. The molecule has 0 amide bonds. The SMILES string of the molecule is c1ccc(-c2ccc(-c3nc(-c4cccc(-c5cccc6c5oc5ccccc56)c4)nc(-c4cccc5c4sc4ccccc45)n3)cc2)cc1. The number of fused-ring (bicyclic) bond motifs is 6. The Labute approximate surface area is 292 Å². The Balaban J connectivity index is 1.15. The Morgan fingerprint density at radius 2 is 0.960 bits per heavy atom. The normalized spacial score (nSPS) is 11.6. The molecule has 0 unspecified atom stereocenters. The van der Waals surface area contributed by atoms with Crippen molar-refractivity contribution in [3.8, 4) is 56.4 Å². The number of benzene rings is 7. The lowest BCUT2D eigenvalue weighted by molar-refractivity contribution is 0.670. The summed E-state index contributed by atoms with van der Waals surface area (Å²) in [6.07, 6.45) is 0. The second-order valence-electron chi connectivity index (χ2n) is 12.4. The smallest absolute Gasteiger partial charge is 0.165 e. The van der Waals surface area contributed by atoms with E-state index in [1.165, 1.54) is 25.7 Å². The second kappa shape index (κ2) is 11.6. The summed E-state index contributed by atoms with van der Waals surface area (Å²) in [6, 6.07) is 56.8. The summed E-state index contributed by atoms with van der Waals surface area (Å²) in [5, 5.41) is 4.66. The van der Waals surface area contributed by atoms with E-state index >= 15 is 0 Å². The highest BCUT2D eigenvalue weighted by molar-refractivity contribution is 7.26. The lowest BCUT2D eigenvalue weighted by atomic mass is 10.00. The van der Waals surface area contributed by atoms with Crippen molar-refractivity contribution in [2.75, 3.05) is 0 Å². The lowest BCUT2D eigenvalue weighted by Crippen LogP contribution is -2.00. The minimum atomic E-state index is 0.619. The summed E-state index contributed by atoms with van der Waals surface area (Å²) >= 11 is 1.78. The summed E-state index contributed by atoms with van der Waals surface area (Å²) in [7, 11) is 0. The molecule has 234 valence electrons. The molecule has 0 aliphatic carbocycles. The molecule has 7 aromatic carbocycles. The van der Waals surface area contributed by atoms with Gasteiger partial charge in [0.05, 0.1) is 0 Å². The van der Waals surface area contributed by atoms with Crippen LogP contribution < -0.4 is 0 Å². The van der Waals surface area contributed by atoms with E-state index in [9.17, 15) is 0 Å². The van der Waals surface area contributed by atoms with Crippen molar-refractivity contribution < 1.29 is 4.42 Å². The Morgan fingerprint density at radius 1 is 0.380 bits per heavy atom. The molecule has 0 radical (unpaired) electrons. The van der Waals surface area contributed by atoms with Gasteiger partial charge >= 0.3 is 0 Å². The third-order valence-corrected chi connectivity index (χ3v) is 10.6. The number of hydrogen-bond donors (Lipinski definition) is 0. The molecule has 3 aromatic heterocycles. The molecule has 0 atom stereocenters. The van der Waals surface area contributed by atoms with Crippen LogP contribution in [0.4, 0.5) is 0 Å². The molecule has 0 aliphatic rings. The van der Waals surface area contributed by atoms with Gasteiger partial charge in [-0.1, -0.05) is 140 Å². The fourth-order valence-corrected chi connectivity index (χ4v) is 8.13. The van der Waals surface area contributed by atoms with Crippen LogP contribution in [0.3, 0.4) is 0 Å². The van der Waals surface area contributed by atoms with Crippen molar-refractivity contribution in [3.05, 3.63) is 164 Å². The van der Waals surface area contributed by atoms with Crippen LogP contribution in [0.1, 0.15) is 0 Å². The molecule has 10 rings (SSSR count). The summed E-state index contributed by atoms with van der Waals surface area (Å²) in [5.74, 6) is 1.90. The fourth-order valence-electron chi connectivity index (χ4n) is 6.92. The van der Waals surface area contributed by atoms with Crippen molar-refractivity contribution >= 4 is 53.4 Å². The first-order valence-electron chi connectivity index (χ1n) is 16.6. The van der Waals surface area contributed by atoms with Gasteiger partial charge < -0.3 is 4.42 Å². The quantitative estimate of drug-likeness (QED) is 0.185. The van der Waals surface area contributed by atoms with E-state index in [2.05, 4.69) is 146 Å². The third-order valence-electron chi connectivity index (χ3n) is 9.37. The highest BCUT2D eigenvalue weighted by Gasteiger charge is 2.18. The number of hydrogen-bond acceptors (Lipinski definition) is 5. The van der Waals surface area contributed by atoms with Crippen LogP contribution in [0.2, 0.25) is 0 Å². The van der Waals surface area contributed by atoms with Crippen molar-refractivity contribution in [2.24, 2.45) is 0 Å². The molecule has 0 saturated heterocycles. The summed E-state index contributed by atoms with van der Waals surface area (Å²) in [4.78, 5) is 15.4. The maximum absolute atomic E-state index is 6.40. The molecular weight excluding hydrogens is 631 g/mol. The zero-order valence-corrected chi connectivity index (χ0v) is 27.6. The maximum Gasteiger partial charge on any atom is 0.165 e. The molecule has 0 fully saturated rings. The van der Waals surface area contributed by atoms with Crippen molar-refractivity contribution in [2.45, 2.75) is 0 Å². The van der Waals surface area contributed by atoms with Gasteiger partial charge in [-0.3, -0.25) is 0 Å². The average Bonchev–Trinajstić information content (AvgIpc) is 3.77. The van der Waals surface area contributed by atoms with Crippen LogP contribution in [0.15, 0.2) is 168 Å². The monoisotopic (exact) mass is 657 g/mol. The third kappa shape index (κ3) is 4.79. The maximum atomic E-state index is 6.40. The topological polar surface area (TPSA) is 51.8 Å². The molecule has 10 aromatic rings. The van der Waals surface area contributed by atoms with Crippen molar-refractivity contribution in [1.82, 2.24) is 15.0 Å². The van der Waals surface area contributed by atoms with Crippen molar-refractivity contribution in [3.63, 3.8) is 0 Å². The first-order valence-corrected chi connectivity index (χ1v) is 17.4. The Bertz CT molecular complexity index is 2870. The minimum Gasteiger partial charge on any atom is -0.455 e. The van der Waals surface area contributed by atoms with Gasteiger partial charge in [0.2, 0.25) is 0 Å². The highest BCUT2D eigenvalue weighted by Crippen LogP contribution is 2.40. The number of para-hydroxylation sites is 2. The Kier molecular flexibility index (Phi) is 6.64. The van der Waals surface area contributed by atoms with Gasteiger partial charge in [-0.25, -0.2) is 15.0 Å². The molecule has 50 heavy (non-hydrogen) atoms. The van der Waals surface area contributed by atoms with Crippen LogP contribution >= 0.6 is 11.3 Å². The zero-order chi connectivity index (χ0) is 33.0. The van der Waals surface area contributed by atoms with Gasteiger partial charge in [0.25, 0.3) is 0 Å². The van der Waals surface area contributed by atoms with E-state index in [4.69, 9.17) is 19.4 Å². The highest BCUT2D eigenvalue weighted by atomic mass is 32.1. The predicted octanol–water partition coefficient (Wildman–Crippen LogP) is 12.5. The molecular formula is C45H27N3OS. The zero-order valence-electron chi connectivity index (χ0n) is 26.7. The molecule has 3 heterocycles. The van der Waals surface area contributed by atoms with Crippen LogP contribution in [0, 0.1) is 0 Å². The van der Waals surface area contributed by atoms with Crippen LogP contribution in [0.25, 0.3) is 98.5 Å². The van der Waals surface area contributed by atoms with Gasteiger partial charge in [-0.15, -0.1) is 11.3 Å². The summed E-state index contributed by atoms with van der Waals surface area (Å²) in [5.41, 5.74) is 8.97. The van der Waals surface area contributed by atoms with Gasteiger partial charge in [-0.2, -0.15) is 0 Å². The molecule has 5 heteroatoms. The molecule has 4 nitrogen and oxygen atoms in total. The van der Waals surface area contributed by atoms with E-state index < -0.39 is 0 Å². The summed E-state index contributed by atoms with van der Waals surface area (Å²) in [6.45, 7) is 0. The van der Waals surface area contributed by atoms with E-state index in [-0.39, 0.29) is 0 Å². The van der Waals surface area contributed by atoms with E-state index in [1.54, 1.807) is 11.3 Å². The number of rotatable bonds is 5. The van der Waals surface area contributed by atoms with Gasteiger partial charge in [0.1, 0.15) is 11.2 Å². The van der Waals surface area contributed by atoms with Gasteiger partial charge in [-0.05, 0) is 41.0 Å². The van der Waals surface area contributed by atoms with E-state index in [1.807, 2.05) is 18.2 Å². The average molecular weight is 658 g/mol. The molecule has 0 bridgehead atoms. The lowest BCUT2D eigenvalue weighted by Gasteiger charge is -2.11. The first-order chi connectivity index (χ1) is 24.8. The predicted molar refractivity (Wildman–Crippen MR) is 207 cm³/mol. The van der Waals surface area contributed by atoms with Crippen LogP contribution in [-0.4, -0.2) is 15.0 Å². The Morgan fingerprint density at radius 3 is 1.82 bits per heavy atom. The number of nitrogens with zero attached hydrogens (tertiary/aromatic N) is 3. The van der Waals surface area contributed by atoms with Gasteiger partial charge in [0.15, 0.2) is 17.5 Å². The fraction of sp³-hybridized carbons (Fsp3) is 0. The number of aromatic nitrogens is 3. The van der Waals surface area contributed by atoms with Crippen LogP contribution in [-0.2, 0) is 0 Å². The first kappa shape index (κ1) is 28.6. The largest absolute Gasteiger partial charge is 0.455 e. The summed E-state index contributed by atoms with van der Waals surface area (Å²) < 4.78 is 8.82. The van der Waals surface area contributed by atoms with E-state index in [0.29, 0.717) is 17.5 Å². The minimum absolute atomic E-state index is 0.619. The standard InChI is InChI=1S/C45H27N3OS/c1-2-11-28(12-3-1)29-23-25-30(26-24-29)43-46-44(48-45(47-43)38-20-10-19-37-35-16-5-7-22-40(35)50-42(37)38)32-14-8-13-31(27-32)33-17-9-18-36-34-15-4-6-21-39(34)49-41(33)36/h1-27H. The number of thiophene rings is 1. The second-order valence-corrected chi connectivity index (χ2v) is 13.4. The van der Waals surface area contributed by atoms with Crippen molar-refractivity contribution in [1.29, 1.82) is 0 Å². The molecule has 0 saturated carbocycles. The molecule has 0 aliphatic heterocycles.